The average Bonchev–Trinajstić information content (AvgIpc) is 3.16. The van der Waals surface area contributed by atoms with Crippen LogP contribution in [0.3, 0.4) is 0 Å². The van der Waals surface area contributed by atoms with Crippen LogP contribution in [0.2, 0.25) is 0 Å². The van der Waals surface area contributed by atoms with Crippen LogP contribution in [0.1, 0.15) is 29.7 Å². The maximum Gasteiger partial charge on any atom is 0.261 e. The van der Waals surface area contributed by atoms with E-state index in [-0.39, 0.29) is 28.5 Å². The van der Waals surface area contributed by atoms with Crippen molar-refractivity contribution in [3.8, 4) is 11.5 Å². The van der Waals surface area contributed by atoms with E-state index < -0.39 is 21.7 Å². The Kier molecular flexibility index (Phi) is 5.11. The van der Waals surface area contributed by atoms with Crippen LogP contribution in [0, 0.1) is 25.5 Å². The molecule has 0 aliphatic rings. The zero-order valence-electron chi connectivity index (χ0n) is 14.9. The number of aryl methyl sites for hydroxylation is 3. The van der Waals surface area contributed by atoms with E-state index in [0.717, 1.165) is 18.2 Å². The van der Waals surface area contributed by atoms with Gasteiger partial charge in [-0.15, -0.1) is 0 Å². The summed E-state index contributed by atoms with van der Waals surface area (Å²) in [4.78, 5) is 7.12. The molecule has 3 rings (SSSR count). The molecule has 27 heavy (non-hydrogen) atoms. The number of nitrogens with one attached hydrogen (secondary N) is 2. The van der Waals surface area contributed by atoms with Crippen LogP contribution >= 0.6 is 0 Å². The summed E-state index contributed by atoms with van der Waals surface area (Å²) in [5, 5.41) is 3.80. The van der Waals surface area contributed by atoms with Crippen LogP contribution in [0.25, 0.3) is 11.5 Å². The van der Waals surface area contributed by atoms with Crippen LogP contribution < -0.4 is 4.72 Å². The fourth-order valence-electron chi connectivity index (χ4n) is 2.81. The van der Waals surface area contributed by atoms with Gasteiger partial charge in [0.15, 0.2) is 5.82 Å². The summed E-state index contributed by atoms with van der Waals surface area (Å²) in [6, 6.07) is 2.84. The van der Waals surface area contributed by atoms with Crippen molar-refractivity contribution >= 4 is 10.0 Å². The number of aromatic nitrogens is 3. The zero-order valence-corrected chi connectivity index (χ0v) is 15.7. The van der Waals surface area contributed by atoms with Gasteiger partial charge in [0, 0.05) is 30.4 Å². The molecule has 0 spiro atoms. The van der Waals surface area contributed by atoms with E-state index >= 15 is 0 Å². The predicted molar refractivity (Wildman–Crippen MR) is 93.3 cm³/mol. The van der Waals surface area contributed by atoms with Gasteiger partial charge in [0.1, 0.15) is 16.5 Å². The summed E-state index contributed by atoms with van der Waals surface area (Å²) < 4.78 is 59.9. The van der Waals surface area contributed by atoms with Crippen molar-refractivity contribution in [1.29, 1.82) is 0 Å². The first-order valence-electron chi connectivity index (χ1n) is 8.18. The number of sulfonamides is 1. The van der Waals surface area contributed by atoms with Gasteiger partial charge >= 0.3 is 0 Å². The normalized spacial score (nSPS) is 11.9. The van der Waals surface area contributed by atoms with Crippen LogP contribution in [0.15, 0.2) is 27.6 Å². The number of halogens is 2. The molecule has 0 saturated carbocycles. The molecule has 0 saturated heterocycles. The smallest absolute Gasteiger partial charge is 0.261 e. The van der Waals surface area contributed by atoms with Crippen molar-refractivity contribution in [3.05, 3.63) is 52.6 Å². The molecule has 0 aliphatic heterocycles. The van der Waals surface area contributed by atoms with Crippen molar-refractivity contribution < 1.29 is 21.7 Å². The summed E-state index contributed by atoms with van der Waals surface area (Å²) in [6.07, 6.45) is 0.539. The average molecular weight is 396 g/mol. The molecule has 2 aromatic heterocycles. The number of rotatable bonds is 6. The lowest BCUT2D eigenvalue weighted by atomic mass is 10.2. The van der Waals surface area contributed by atoms with Crippen LogP contribution in [0.4, 0.5) is 8.78 Å². The first kappa shape index (κ1) is 19.2. The molecule has 0 atom stereocenters. The monoisotopic (exact) mass is 396 g/mol. The molecule has 7 nitrogen and oxygen atoms in total. The quantitative estimate of drug-likeness (QED) is 0.667. The van der Waals surface area contributed by atoms with E-state index in [1.165, 1.54) is 0 Å². The van der Waals surface area contributed by atoms with Gasteiger partial charge in [-0.3, -0.25) is 0 Å². The lowest BCUT2D eigenvalue weighted by molar-refractivity contribution is 0.422. The highest BCUT2D eigenvalue weighted by Gasteiger charge is 2.29. The van der Waals surface area contributed by atoms with E-state index in [2.05, 4.69) is 19.8 Å². The molecule has 144 valence electrons. The predicted octanol–water partition coefficient (Wildman–Crippen LogP) is 3.00. The maximum atomic E-state index is 13.3. The number of H-pyrrole nitrogens is 1. The van der Waals surface area contributed by atoms with E-state index in [1.807, 2.05) is 6.92 Å². The highest BCUT2D eigenvalue weighted by Crippen LogP contribution is 2.32. The lowest BCUT2D eigenvalue weighted by Gasteiger charge is -2.08. The Morgan fingerprint density at radius 2 is 1.81 bits per heavy atom. The van der Waals surface area contributed by atoms with E-state index in [1.54, 1.807) is 13.8 Å². The second-order valence-corrected chi connectivity index (χ2v) is 7.75. The number of hydrogen-bond acceptors (Lipinski definition) is 5. The third-order valence-electron chi connectivity index (χ3n) is 3.97. The number of hydrogen-bond donors (Lipinski definition) is 2. The Balaban J connectivity index is 1.97. The third kappa shape index (κ3) is 3.91. The Labute approximate surface area is 154 Å². The van der Waals surface area contributed by atoms with Crippen molar-refractivity contribution in [2.45, 2.75) is 38.6 Å². The van der Waals surface area contributed by atoms with Gasteiger partial charge in [-0.2, -0.15) is 4.98 Å². The fourth-order valence-corrected chi connectivity index (χ4v) is 4.28. The maximum absolute atomic E-state index is 13.3. The summed E-state index contributed by atoms with van der Waals surface area (Å²) in [6.45, 7) is 4.87. The molecule has 0 radical (unpaired) electrons. The third-order valence-corrected chi connectivity index (χ3v) is 5.55. The van der Waals surface area contributed by atoms with Crippen molar-refractivity contribution in [2.24, 2.45) is 0 Å². The van der Waals surface area contributed by atoms with Crippen LogP contribution in [-0.2, 0) is 23.0 Å². The number of nitrogens with zero attached hydrogens (tertiary/aromatic N) is 2. The minimum Gasteiger partial charge on any atom is -0.361 e. The molecule has 2 N–H and O–H groups in total. The molecule has 0 bridgehead atoms. The van der Waals surface area contributed by atoms with Crippen molar-refractivity contribution in [1.82, 2.24) is 19.8 Å². The largest absolute Gasteiger partial charge is 0.361 e. The standard InChI is InChI=1S/C17H18F2N4O3S/c1-4-14-22-17(26-23-14)15-9(2)21-10(3)16(15)27(24,25)20-8-11-5-12(18)7-13(19)6-11/h5-7,20-21H,4,8H2,1-3H3. The molecule has 0 amide bonds. The van der Waals surface area contributed by atoms with E-state index in [9.17, 15) is 17.2 Å². The van der Waals surface area contributed by atoms with Gasteiger partial charge in [-0.05, 0) is 31.5 Å². The first-order chi connectivity index (χ1) is 12.7. The first-order valence-corrected chi connectivity index (χ1v) is 9.66. The highest BCUT2D eigenvalue weighted by atomic mass is 32.2. The minimum atomic E-state index is -4.02. The summed E-state index contributed by atoms with van der Waals surface area (Å²) in [7, 11) is -4.02. The minimum absolute atomic E-state index is 0.0387. The molecule has 2 heterocycles. The zero-order chi connectivity index (χ0) is 19.8. The summed E-state index contributed by atoms with van der Waals surface area (Å²) in [5.74, 6) is -1.02. The van der Waals surface area contributed by atoms with Crippen molar-refractivity contribution in [3.63, 3.8) is 0 Å². The molecular formula is C17H18F2N4O3S. The molecule has 0 fully saturated rings. The van der Waals surface area contributed by atoms with E-state index in [0.29, 0.717) is 23.6 Å². The fraction of sp³-hybridized carbons (Fsp3) is 0.294. The Hall–Kier alpha value is -2.59. The van der Waals surface area contributed by atoms with E-state index in [4.69, 9.17) is 4.52 Å². The second kappa shape index (κ2) is 7.20. The molecule has 1 aromatic carbocycles. The second-order valence-electron chi connectivity index (χ2n) is 6.05. The molecule has 3 aromatic rings. The SMILES string of the molecule is CCc1noc(-c2c(C)[nH]c(C)c2S(=O)(=O)NCc2cc(F)cc(F)c2)n1. The van der Waals surface area contributed by atoms with Gasteiger partial charge in [0.05, 0.1) is 5.56 Å². The number of aromatic amines is 1. The van der Waals surface area contributed by atoms with Crippen molar-refractivity contribution in [2.75, 3.05) is 0 Å². The molecular weight excluding hydrogens is 378 g/mol. The number of benzene rings is 1. The van der Waals surface area contributed by atoms with Gasteiger partial charge in [-0.1, -0.05) is 12.1 Å². The highest BCUT2D eigenvalue weighted by molar-refractivity contribution is 7.89. The lowest BCUT2D eigenvalue weighted by Crippen LogP contribution is -2.24. The Morgan fingerprint density at radius 3 is 2.41 bits per heavy atom. The Bertz CT molecular complexity index is 1070. The summed E-state index contributed by atoms with van der Waals surface area (Å²) in [5.41, 5.74) is 1.37. The topological polar surface area (TPSA) is 101 Å². The van der Waals surface area contributed by atoms with Gasteiger partial charge in [0.25, 0.3) is 5.89 Å². The molecule has 0 unspecified atom stereocenters. The molecule has 0 aliphatic carbocycles. The molecule has 10 heteroatoms. The van der Waals surface area contributed by atoms with Crippen LogP contribution in [-0.4, -0.2) is 23.5 Å². The van der Waals surface area contributed by atoms with Gasteiger partial charge in [-0.25, -0.2) is 21.9 Å². The summed E-state index contributed by atoms with van der Waals surface area (Å²) >= 11 is 0. The van der Waals surface area contributed by atoms with Crippen LogP contribution in [0.5, 0.6) is 0 Å². The van der Waals surface area contributed by atoms with Gasteiger partial charge < -0.3 is 9.51 Å². The Morgan fingerprint density at radius 1 is 1.15 bits per heavy atom. The van der Waals surface area contributed by atoms with Gasteiger partial charge in [0.2, 0.25) is 10.0 Å².